The second kappa shape index (κ2) is 45.9. The maximum atomic E-state index is 5.41. The summed E-state index contributed by atoms with van der Waals surface area (Å²) in [5.74, 6) is 0. The van der Waals surface area contributed by atoms with Gasteiger partial charge in [-0.1, -0.05) is 258 Å². The van der Waals surface area contributed by atoms with Crippen LogP contribution in [-0.4, -0.2) is 13.1 Å². The Morgan fingerprint density at radius 3 is 0.532 bits per heavy atom. The zero-order valence-electron chi connectivity index (χ0n) is 33.1. The Hall–Kier alpha value is -0.120. The predicted molar refractivity (Wildman–Crippen MR) is 213 cm³/mol. The molecule has 47 heavy (non-hydrogen) atoms. The topological polar surface area (TPSA) is 33.3 Å². The van der Waals surface area contributed by atoms with Gasteiger partial charge in [-0.3, -0.25) is 0 Å². The molecule has 284 valence electrons. The lowest BCUT2D eigenvalue weighted by atomic mass is 10.0. The summed E-state index contributed by atoms with van der Waals surface area (Å²) < 4.78 is 0. The number of unbranched alkanes of at least 4 members (excludes halogenated alkanes) is 38. The molecule has 0 aromatic rings. The molecule has 0 saturated heterocycles. The van der Waals surface area contributed by atoms with Crippen molar-refractivity contribution in [3.05, 3.63) is 0 Å². The van der Waals surface area contributed by atoms with E-state index in [1.54, 1.807) is 0 Å². The van der Waals surface area contributed by atoms with Gasteiger partial charge in [0.05, 0.1) is 0 Å². The minimum absolute atomic E-state index is 0.964. The van der Waals surface area contributed by atoms with Gasteiger partial charge >= 0.3 is 0 Å². The number of hydrogen-bond donors (Lipinski definition) is 2. The molecule has 0 unspecified atom stereocenters. The van der Waals surface area contributed by atoms with Gasteiger partial charge in [0.25, 0.3) is 0 Å². The number of nitrogens with one attached hydrogen (secondary N) is 2. The van der Waals surface area contributed by atoms with Crippen LogP contribution in [0.3, 0.4) is 0 Å². The fraction of sp³-hybridized carbons (Fsp3) is 1.00. The quantitative estimate of drug-likeness (QED) is 0.0502. The average Bonchev–Trinajstić information content (AvgIpc) is 3.08. The molecule has 0 atom stereocenters. The van der Waals surface area contributed by atoms with Crippen LogP contribution in [0.4, 0.5) is 0 Å². The highest BCUT2D eigenvalue weighted by molar-refractivity contribution is 4.53. The van der Waals surface area contributed by atoms with Crippen LogP contribution >= 0.6 is 0 Å². The summed E-state index contributed by atoms with van der Waals surface area (Å²) in [5, 5.41) is 0. The molecule has 0 radical (unpaired) electrons. The van der Waals surface area contributed by atoms with Gasteiger partial charge in [0.1, 0.15) is 0 Å². The lowest BCUT2D eigenvalue weighted by molar-refractivity contribution is -0.0387. The molecule has 2 N–H and O–H groups in total. The van der Waals surface area contributed by atoms with Gasteiger partial charge in [0.15, 0.2) is 0 Å². The minimum atomic E-state index is 0.964. The molecule has 0 saturated carbocycles. The van der Waals surface area contributed by atoms with Crippen molar-refractivity contribution in [1.29, 1.82) is 0 Å². The molecule has 0 aromatic heterocycles. The Bertz CT molecular complexity index is 469. The van der Waals surface area contributed by atoms with Crippen LogP contribution in [0.2, 0.25) is 0 Å². The summed E-state index contributed by atoms with van der Waals surface area (Å²) in [6, 6.07) is 0. The van der Waals surface area contributed by atoms with Crippen LogP contribution in [0.1, 0.15) is 271 Å². The first kappa shape index (κ1) is 46.9. The van der Waals surface area contributed by atoms with Gasteiger partial charge in [-0.05, 0) is 12.8 Å². The first-order valence-corrected chi connectivity index (χ1v) is 22.5. The van der Waals surface area contributed by atoms with Crippen molar-refractivity contribution in [3.8, 4) is 0 Å². The molecule has 0 rings (SSSR count). The summed E-state index contributed by atoms with van der Waals surface area (Å²) in [5.41, 5.74) is 6.19. The average molecular weight is 665 g/mol. The second-order valence-corrected chi connectivity index (χ2v) is 15.3. The maximum Gasteiger partial charge on any atom is 0.0229 e. The standard InChI is InChI=1S/C44H92N2O/c1-3-5-7-9-11-13-15-17-19-21-23-25-27-29-31-33-35-37-39-41-43-45-47-46-44-42-40-38-36-34-32-30-28-26-24-22-20-18-16-14-12-10-8-6-4-2/h45-46H,3-44H2,1-2H3. The van der Waals surface area contributed by atoms with Crippen molar-refractivity contribution in [1.82, 2.24) is 11.0 Å². The molecular formula is C44H92N2O. The first-order valence-electron chi connectivity index (χ1n) is 22.5. The van der Waals surface area contributed by atoms with Gasteiger partial charge < -0.3 is 0 Å². The maximum absolute atomic E-state index is 5.41. The number of rotatable bonds is 44. The van der Waals surface area contributed by atoms with Crippen LogP contribution in [0, 0.1) is 0 Å². The van der Waals surface area contributed by atoms with E-state index in [0.29, 0.717) is 0 Å². The molecule has 0 fully saturated rings. The van der Waals surface area contributed by atoms with Crippen LogP contribution in [0.15, 0.2) is 0 Å². The molecule has 0 spiro atoms. The zero-order chi connectivity index (χ0) is 33.8. The van der Waals surface area contributed by atoms with Crippen molar-refractivity contribution in [2.75, 3.05) is 13.1 Å². The molecule has 0 aliphatic carbocycles. The van der Waals surface area contributed by atoms with E-state index in [4.69, 9.17) is 4.94 Å². The Morgan fingerprint density at radius 1 is 0.213 bits per heavy atom. The molecule has 3 heteroatoms. The molecule has 0 heterocycles. The Morgan fingerprint density at radius 2 is 0.362 bits per heavy atom. The molecule has 0 aliphatic rings. The summed E-state index contributed by atoms with van der Waals surface area (Å²) >= 11 is 0. The largest absolute Gasteiger partial charge is 0.214 e. The fourth-order valence-corrected chi connectivity index (χ4v) is 7.06. The van der Waals surface area contributed by atoms with Crippen LogP contribution in [0.25, 0.3) is 0 Å². The van der Waals surface area contributed by atoms with Gasteiger partial charge in [-0.15, -0.1) is 0 Å². The smallest absolute Gasteiger partial charge is 0.0229 e. The SMILES string of the molecule is CCCCCCCCCCCCCCCCCCCCCCNONCCCCCCCCCCCCCCCCCCCCCC. The number of hydrogen-bond acceptors (Lipinski definition) is 3. The monoisotopic (exact) mass is 665 g/mol. The zero-order valence-corrected chi connectivity index (χ0v) is 33.1. The molecule has 3 nitrogen and oxygen atoms in total. The summed E-state index contributed by atoms with van der Waals surface area (Å²) in [6.07, 6.45) is 57.4. The summed E-state index contributed by atoms with van der Waals surface area (Å²) in [6.45, 7) is 6.54. The Balaban J connectivity index is 3.03. The Kier molecular flexibility index (Phi) is 45.8. The van der Waals surface area contributed by atoms with Crippen LogP contribution in [0.5, 0.6) is 0 Å². The van der Waals surface area contributed by atoms with Gasteiger partial charge in [0.2, 0.25) is 0 Å². The van der Waals surface area contributed by atoms with Gasteiger partial charge in [-0.2, -0.15) is 11.0 Å². The van der Waals surface area contributed by atoms with E-state index in [0.717, 1.165) is 13.1 Å². The van der Waals surface area contributed by atoms with E-state index in [1.807, 2.05) is 0 Å². The van der Waals surface area contributed by atoms with Gasteiger partial charge in [-0.25, -0.2) is 4.94 Å². The van der Waals surface area contributed by atoms with Crippen molar-refractivity contribution in [2.24, 2.45) is 0 Å². The Labute approximate surface area is 299 Å². The highest BCUT2D eigenvalue weighted by atomic mass is 16.8. The van der Waals surface area contributed by atoms with Crippen molar-refractivity contribution < 1.29 is 4.94 Å². The summed E-state index contributed by atoms with van der Waals surface area (Å²) in [4.78, 5) is 5.41. The third-order valence-electron chi connectivity index (χ3n) is 10.4. The highest BCUT2D eigenvalue weighted by Gasteiger charge is 1.98. The van der Waals surface area contributed by atoms with Crippen LogP contribution in [-0.2, 0) is 4.94 Å². The van der Waals surface area contributed by atoms with E-state index >= 15 is 0 Å². The van der Waals surface area contributed by atoms with Crippen molar-refractivity contribution in [2.45, 2.75) is 271 Å². The van der Waals surface area contributed by atoms with E-state index in [9.17, 15) is 0 Å². The first-order chi connectivity index (χ1) is 23.4. The minimum Gasteiger partial charge on any atom is -0.214 e. The summed E-state index contributed by atoms with van der Waals surface area (Å²) in [7, 11) is 0. The van der Waals surface area contributed by atoms with Crippen LogP contribution < -0.4 is 11.0 Å². The lowest BCUT2D eigenvalue weighted by Crippen LogP contribution is -2.27. The third kappa shape index (κ3) is 45.9. The van der Waals surface area contributed by atoms with E-state index in [1.165, 1.54) is 257 Å². The molecule has 0 amide bonds. The molecule has 0 aromatic carbocycles. The third-order valence-corrected chi connectivity index (χ3v) is 10.4. The molecular weight excluding hydrogens is 572 g/mol. The van der Waals surface area contributed by atoms with E-state index in [2.05, 4.69) is 24.8 Å². The molecule has 0 bridgehead atoms. The highest BCUT2D eigenvalue weighted by Crippen LogP contribution is 2.16. The normalized spacial score (nSPS) is 11.6. The van der Waals surface area contributed by atoms with Gasteiger partial charge in [0, 0.05) is 13.1 Å². The van der Waals surface area contributed by atoms with E-state index < -0.39 is 0 Å². The second-order valence-electron chi connectivity index (χ2n) is 15.3. The molecule has 0 aliphatic heterocycles. The lowest BCUT2D eigenvalue weighted by Gasteiger charge is -2.07. The van der Waals surface area contributed by atoms with Crippen molar-refractivity contribution in [3.63, 3.8) is 0 Å². The van der Waals surface area contributed by atoms with Crippen molar-refractivity contribution >= 4 is 0 Å². The number of hydroxylamine groups is 2. The fourth-order valence-electron chi connectivity index (χ4n) is 7.06. The van der Waals surface area contributed by atoms with E-state index in [-0.39, 0.29) is 0 Å². The predicted octanol–water partition coefficient (Wildman–Crippen LogP) is 15.7.